The Bertz CT molecular complexity index is 573. The van der Waals surface area contributed by atoms with E-state index in [0.717, 1.165) is 31.4 Å². The van der Waals surface area contributed by atoms with Crippen molar-refractivity contribution in [1.82, 2.24) is 15.5 Å². The summed E-state index contributed by atoms with van der Waals surface area (Å²) in [4.78, 5) is 7.16. The molecule has 0 aromatic heterocycles. The van der Waals surface area contributed by atoms with Crippen LogP contribution in [0.15, 0.2) is 35.3 Å². The van der Waals surface area contributed by atoms with Crippen LogP contribution in [0.3, 0.4) is 0 Å². The maximum atomic E-state index is 4.49. The Morgan fingerprint density at radius 1 is 1.07 bits per heavy atom. The molecule has 3 rings (SSSR count). The van der Waals surface area contributed by atoms with Crippen molar-refractivity contribution in [2.24, 2.45) is 4.99 Å². The molecule has 5 heteroatoms. The average molecular weight is 484 g/mol. The van der Waals surface area contributed by atoms with E-state index in [0.29, 0.717) is 6.04 Å². The molecular weight excluding hydrogens is 447 g/mol. The summed E-state index contributed by atoms with van der Waals surface area (Å²) in [7, 11) is 1.89. The lowest BCUT2D eigenvalue weighted by molar-refractivity contribution is 0.197. The molecule has 0 radical (unpaired) electrons. The molecule has 1 saturated heterocycles. The van der Waals surface area contributed by atoms with Crippen LogP contribution in [0.2, 0.25) is 0 Å². The van der Waals surface area contributed by atoms with Crippen LogP contribution in [0.25, 0.3) is 0 Å². The molecule has 0 atom stereocenters. The van der Waals surface area contributed by atoms with Crippen LogP contribution in [0.4, 0.5) is 0 Å². The van der Waals surface area contributed by atoms with Gasteiger partial charge in [0.1, 0.15) is 0 Å². The highest BCUT2D eigenvalue weighted by atomic mass is 127. The third kappa shape index (κ3) is 5.83. The third-order valence-electron chi connectivity index (χ3n) is 6.49. The maximum absolute atomic E-state index is 4.49. The van der Waals surface area contributed by atoms with Crippen molar-refractivity contribution in [2.45, 2.75) is 69.9 Å². The van der Waals surface area contributed by atoms with Gasteiger partial charge in [-0.1, -0.05) is 44.2 Å². The lowest BCUT2D eigenvalue weighted by Crippen LogP contribution is -2.51. The van der Waals surface area contributed by atoms with Gasteiger partial charge in [0.05, 0.1) is 0 Å². The largest absolute Gasteiger partial charge is 0.356 e. The van der Waals surface area contributed by atoms with Gasteiger partial charge in [-0.3, -0.25) is 4.99 Å². The zero-order valence-electron chi connectivity index (χ0n) is 17.2. The predicted octanol–water partition coefficient (Wildman–Crippen LogP) is 4.15. The van der Waals surface area contributed by atoms with E-state index in [1.54, 1.807) is 0 Å². The first-order valence-corrected chi connectivity index (χ1v) is 10.5. The van der Waals surface area contributed by atoms with E-state index in [1.807, 2.05) is 7.05 Å². The summed E-state index contributed by atoms with van der Waals surface area (Å²) in [5, 5.41) is 7.30. The van der Waals surface area contributed by atoms with Gasteiger partial charge in [-0.2, -0.15) is 0 Å². The molecule has 0 unspecified atom stereocenters. The number of nitrogens with zero attached hydrogens (tertiary/aromatic N) is 2. The molecule has 2 aliphatic rings. The Morgan fingerprint density at radius 3 is 2.22 bits per heavy atom. The van der Waals surface area contributed by atoms with E-state index in [-0.39, 0.29) is 29.4 Å². The SMILES string of the molecule is CCC(CC)(CNC(=NC)NC1CCN(C2CC2)CC1)c1ccccc1.I. The molecule has 1 saturated carbocycles. The molecule has 0 bridgehead atoms. The fourth-order valence-corrected chi connectivity index (χ4v) is 4.29. The second kappa shape index (κ2) is 10.6. The summed E-state index contributed by atoms with van der Waals surface area (Å²) in [5.41, 5.74) is 1.58. The fraction of sp³-hybridized carbons (Fsp3) is 0.682. The van der Waals surface area contributed by atoms with E-state index in [2.05, 4.69) is 64.7 Å². The van der Waals surface area contributed by atoms with Gasteiger partial charge >= 0.3 is 0 Å². The lowest BCUT2D eigenvalue weighted by atomic mass is 9.76. The number of nitrogens with one attached hydrogen (secondary N) is 2. The number of likely N-dealkylation sites (tertiary alicyclic amines) is 1. The van der Waals surface area contributed by atoms with Crippen molar-refractivity contribution >= 4 is 29.9 Å². The number of hydrogen-bond acceptors (Lipinski definition) is 2. The number of hydrogen-bond donors (Lipinski definition) is 2. The highest BCUT2D eigenvalue weighted by molar-refractivity contribution is 14.0. The van der Waals surface area contributed by atoms with Crippen molar-refractivity contribution in [2.75, 3.05) is 26.7 Å². The first-order chi connectivity index (χ1) is 12.7. The van der Waals surface area contributed by atoms with Gasteiger partial charge < -0.3 is 15.5 Å². The number of halogens is 1. The number of benzene rings is 1. The standard InChI is InChI=1S/C22H36N4.HI/c1-4-22(5-2,18-9-7-6-8-10-18)17-24-21(23-3)25-19-13-15-26(16-14-19)20-11-12-20;/h6-10,19-20H,4-5,11-17H2,1-3H3,(H2,23,24,25);1H. The molecule has 0 amide bonds. The van der Waals surface area contributed by atoms with Gasteiger partial charge in [0.15, 0.2) is 5.96 Å². The minimum atomic E-state index is 0. The number of guanidine groups is 1. The number of rotatable bonds is 7. The first kappa shape index (κ1) is 22.5. The molecule has 1 aromatic rings. The van der Waals surface area contributed by atoms with Crippen LogP contribution >= 0.6 is 24.0 Å². The third-order valence-corrected chi connectivity index (χ3v) is 6.49. The predicted molar refractivity (Wildman–Crippen MR) is 126 cm³/mol. The summed E-state index contributed by atoms with van der Waals surface area (Å²) < 4.78 is 0. The lowest BCUT2D eigenvalue weighted by Gasteiger charge is -2.35. The van der Waals surface area contributed by atoms with Crippen LogP contribution in [0.5, 0.6) is 0 Å². The molecule has 27 heavy (non-hydrogen) atoms. The van der Waals surface area contributed by atoms with Crippen LogP contribution in [0.1, 0.15) is 57.9 Å². The average Bonchev–Trinajstić information content (AvgIpc) is 3.55. The number of aliphatic imine (C=N–C) groups is 1. The van der Waals surface area contributed by atoms with Crippen molar-refractivity contribution < 1.29 is 0 Å². The van der Waals surface area contributed by atoms with Crippen LogP contribution in [-0.4, -0.2) is 49.6 Å². The highest BCUT2D eigenvalue weighted by Gasteiger charge is 2.32. The van der Waals surface area contributed by atoms with E-state index in [4.69, 9.17) is 0 Å². The minimum absolute atomic E-state index is 0. The van der Waals surface area contributed by atoms with Crippen LogP contribution in [0, 0.1) is 0 Å². The normalized spacial score (nSPS) is 19.4. The quantitative estimate of drug-likeness (QED) is 0.347. The molecule has 1 heterocycles. The molecule has 2 fully saturated rings. The summed E-state index contributed by atoms with van der Waals surface area (Å²) in [5.74, 6) is 0.956. The van der Waals surface area contributed by atoms with Gasteiger partial charge in [-0.25, -0.2) is 0 Å². The zero-order valence-corrected chi connectivity index (χ0v) is 19.5. The van der Waals surface area contributed by atoms with Crippen LogP contribution < -0.4 is 10.6 Å². The van der Waals surface area contributed by atoms with Crippen molar-refractivity contribution in [3.8, 4) is 0 Å². The Hall–Kier alpha value is -0.820. The van der Waals surface area contributed by atoms with Crippen molar-refractivity contribution in [1.29, 1.82) is 0 Å². The summed E-state index contributed by atoms with van der Waals surface area (Å²) in [6.07, 6.45) is 7.52. The number of piperidine rings is 1. The monoisotopic (exact) mass is 484 g/mol. The summed E-state index contributed by atoms with van der Waals surface area (Å²) >= 11 is 0. The molecular formula is C22H37IN4. The zero-order chi connectivity index (χ0) is 18.4. The Kier molecular flexibility index (Phi) is 8.86. The Morgan fingerprint density at radius 2 is 1.70 bits per heavy atom. The molecule has 4 nitrogen and oxygen atoms in total. The van der Waals surface area contributed by atoms with Gasteiger partial charge in [0.2, 0.25) is 0 Å². The van der Waals surface area contributed by atoms with E-state index in [1.165, 1.54) is 44.3 Å². The van der Waals surface area contributed by atoms with E-state index < -0.39 is 0 Å². The fourth-order valence-electron chi connectivity index (χ4n) is 4.29. The van der Waals surface area contributed by atoms with Gasteiger partial charge in [0, 0.05) is 44.2 Å². The Balaban J connectivity index is 0.00000261. The molecule has 0 spiro atoms. The minimum Gasteiger partial charge on any atom is -0.356 e. The second-order valence-corrected chi connectivity index (χ2v) is 7.96. The maximum Gasteiger partial charge on any atom is 0.191 e. The molecule has 1 aliphatic heterocycles. The summed E-state index contributed by atoms with van der Waals surface area (Å²) in [6, 6.07) is 12.4. The van der Waals surface area contributed by atoms with E-state index >= 15 is 0 Å². The smallest absolute Gasteiger partial charge is 0.191 e. The molecule has 152 valence electrons. The highest BCUT2D eigenvalue weighted by Crippen LogP contribution is 2.31. The first-order valence-electron chi connectivity index (χ1n) is 10.5. The van der Waals surface area contributed by atoms with Crippen molar-refractivity contribution in [3.05, 3.63) is 35.9 Å². The van der Waals surface area contributed by atoms with Gasteiger partial charge in [-0.05, 0) is 44.1 Å². The topological polar surface area (TPSA) is 39.7 Å². The molecule has 1 aromatic carbocycles. The van der Waals surface area contributed by atoms with Gasteiger partial charge in [0.25, 0.3) is 0 Å². The Labute approximate surface area is 182 Å². The van der Waals surface area contributed by atoms with Crippen molar-refractivity contribution in [3.63, 3.8) is 0 Å². The summed E-state index contributed by atoms with van der Waals surface area (Å²) in [6.45, 7) is 7.98. The molecule has 2 N–H and O–H groups in total. The molecule has 1 aliphatic carbocycles. The van der Waals surface area contributed by atoms with E-state index in [9.17, 15) is 0 Å². The van der Waals surface area contributed by atoms with Crippen LogP contribution in [-0.2, 0) is 5.41 Å². The van der Waals surface area contributed by atoms with Gasteiger partial charge in [-0.15, -0.1) is 24.0 Å². The second-order valence-electron chi connectivity index (χ2n) is 7.96.